The minimum absolute atomic E-state index is 0.0744. The first-order valence-corrected chi connectivity index (χ1v) is 8.46. The number of carbonyl (C=O) groups is 1. The molecule has 0 bridgehead atoms. The van der Waals surface area contributed by atoms with Gasteiger partial charge in [0.25, 0.3) is 10.1 Å². The molecule has 0 N–H and O–H groups in total. The largest absolute Gasteiger partial charge is 0.449 e. The molecule has 0 spiro atoms. The molecule has 1 amide bonds. The molecular weight excluding hydrogens is 270 g/mol. The lowest BCUT2D eigenvalue weighted by Gasteiger charge is -2.36. The van der Waals surface area contributed by atoms with Gasteiger partial charge in [-0.15, -0.1) is 0 Å². The van der Waals surface area contributed by atoms with Crippen LogP contribution in [0.1, 0.15) is 39.5 Å². The lowest BCUT2D eigenvalue weighted by atomic mass is 10.0. The van der Waals surface area contributed by atoms with Gasteiger partial charge in [0.05, 0.1) is 19.0 Å². The van der Waals surface area contributed by atoms with E-state index in [1.54, 1.807) is 4.90 Å². The molecule has 112 valence electrons. The maximum Gasteiger partial charge on any atom is 0.409 e. The molecule has 6 nitrogen and oxygen atoms in total. The van der Waals surface area contributed by atoms with E-state index in [2.05, 4.69) is 0 Å². The second-order valence-electron chi connectivity index (χ2n) is 4.96. The van der Waals surface area contributed by atoms with Gasteiger partial charge in [-0.3, -0.25) is 4.18 Å². The van der Waals surface area contributed by atoms with Crippen LogP contribution >= 0.6 is 0 Å². The van der Waals surface area contributed by atoms with E-state index in [9.17, 15) is 13.2 Å². The fourth-order valence-electron chi connectivity index (χ4n) is 2.12. The summed E-state index contributed by atoms with van der Waals surface area (Å²) in [5, 5.41) is 0. The molecule has 1 aliphatic heterocycles. The Morgan fingerprint density at radius 3 is 2.63 bits per heavy atom. The first-order chi connectivity index (χ1) is 8.83. The van der Waals surface area contributed by atoms with Crippen molar-refractivity contribution >= 4 is 16.2 Å². The molecule has 2 atom stereocenters. The number of hydrogen-bond donors (Lipinski definition) is 0. The molecule has 1 rings (SSSR count). The molecule has 7 heteroatoms. The first kappa shape index (κ1) is 16.2. The van der Waals surface area contributed by atoms with Crippen LogP contribution in [0.15, 0.2) is 0 Å². The van der Waals surface area contributed by atoms with Gasteiger partial charge in [-0.25, -0.2) is 4.79 Å². The summed E-state index contributed by atoms with van der Waals surface area (Å²) in [5.41, 5.74) is 0. The van der Waals surface area contributed by atoms with Gasteiger partial charge in [0.2, 0.25) is 0 Å². The summed E-state index contributed by atoms with van der Waals surface area (Å²) in [7, 11) is -3.44. The third-order valence-corrected chi connectivity index (χ3v) is 3.72. The van der Waals surface area contributed by atoms with Crippen LogP contribution in [-0.4, -0.2) is 51.0 Å². The lowest BCUT2D eigenvalue weighted by molar-refractivity contribution is 0.0451. The highest BCUT2D eigenvalue weighted by atomic mass is 32.2. The van der Waals surface area contributed by atoms with E-state index in [1.165, 1.54) is 0 Å². The highest BCUT2D eigenvalue weighted by Crippen LogP contribution is 2.21. The van der Waals surface area contributed by atoms with E-state index in [-0.39, 0.29) is 18.2 Å². The Morgan fingerprint density at radius 1 is 1.42 bits per heavy atom. The minimum atomic E-state index is -3.44. The fraction of sp³-hybridized carbons (Fsp3) is 0.917. The van der Waals surface area contributed by atoms with Crippen molar-refractivity contribution in [2.75, 3.05) is 19.4 Å². The summed E-state index contributed by atoms with van der Waals surface area (Å²) in [5.74, 6) is 0. The van der Waals surface area contributed by atoms with E-state index in [1.807, 2.05) is 13.8 Å². The summed E-state index contributed by atoms with van der Waals surface area (Å²) in [6.07, 6.45) is 3.24. The number of likely N-dealkylation sites (tertiary alicyclic amines) is 1. The summed E-state index contributed by atoms with van der Waals surface area (Å²) in [4.78, 5) is 13.5. The number of hydrogen-bond acceptors (Lipinski definition) is 5. The van der Waals surface area contributed by atoms with Gasteiger partial charge in [-0.1, -0.05) is 13.3 Å². The molecule has 2 unspecified atom stereocenters. The Hall–Kier alpha value is -0.820. The summed E-state index contributed by atoms with van der Waals surface area (Å²) >= 11 is 0. The topological polar surface area (TPSA) is 72.9 Å². The van der Waals surface area contributed by atoms with Gasteiger partial charge in [-0.05, 0) is 26.2 Å². The monoisotopic (exact) mass is 293 g/mol. The van der Waals surface area contributed by atoms with Crippen LogP contribution in [0, 0.1) is 0 Å². The average Bonchev–Trinajstić information content (AvgIpc) is 2.27. The molecule has 1 aliphatic rings. The SMILES string of the molecule is CCCCOC(=O)N1CCC(OS(C)(=O)=O)CC1C. The number of rotatable bonds is 5. The van der Waals surface area contributed by atoms with E-state index >= 15 is 0 Å². The molecule has 0 aromatic heterocycles. The van der Waals surface area contributed by atoms with Crippen LogP contribution in [0.2, 0.25) is 0 Å². The second-order valence-corrected chi connectivity index (χ2v) is 6.56. The Morgan fingerprint density at radius 2 is 2.11 bits per heavy atom. The van der Waals surface area contributed by atoms with Crippen molar-refractivity contribution in [1.29, 1.82) is 0 Å². The Kier molecular flexibility index (Phi) is 6.06. The molecule has 1 saturated heterocycles. The quantitative estimate of drug-likeness (QED) is 0.570. The van der Waals surface area contributed by atoms with Crippen molar-refractivity contribution in [2.45, 2.75) is 51.7 Å². The summed E-state index contributed by atoms with van der Waals surface area (Å²) in [6, 6.07) is -0.0744. The zero-order chi connectivity index (χ0) is 14.5. The molecule has 1 fully saturated rings. The van der Waals surface area contributed by atoms with E-state index in [0.29, 0.717) is 26.0 Å². The minimum Gasteiger partial charge on any atom is -0.449 e. The van der Waals surface area contributed by atoms with Crippen LogP contribution in [-0.2, 0) is 19.0 Å². The third kappa shape index (κ3) is 5.78. The van der Waals surface area contributed by atoms with Gasteiger partial charge < -0.3 is 9.64 Å². The highest BCUT2D eigenvalue weighted by molar-refractivity contribution is 7.86. The molecule has 0 saturated carbocycles. The number of piperidine rings is 1. The average molecular weight is 293 g/mol. The zero-order valence-electron chi connectivity index (χ0n) is 11.8. The van der Waals surface area contributed by atoms with Crippen LogP contribution in [0.3, 0.4) is 0 Å². The molecule has 0 radical (unpaired) electrons. The zero-order valence-corrected chi connectivity index (χ0v) is 12.6. The number of nitrogens with zero attached hydrogens (tertiary/aromatic N) is 1. The summed E-state index contributed by atoms with van der Waals surface area (Å²) in [6.45, 7) is 4.80. The predicted octanol–water partition coefficient (Wildman–Crippen LogP) is 1.75. The van der Waals surface area contributed by atoms with Gasteiger partial charge in [-0.2, -0.15) is 8.42 Å². The van der Waals surface area contributed by atoms with Crippen molar-refractivity contribution in [3.8, 4) is 0 Å². The van der Waals surface area contributed by atoms with Crippen molar-refractivity contribution < 1.29 is 22.1 Å². The Labute approximate surface area is 115 Å². The number of unbranched alkanes of at least 4 members (excludes halogenated alkanes) is 1. The van der Waals surface area contributed by atoms with Crippen LogP contribution in [0.5, 0.6) is 0 Å². The molecule has 0 aromatic rings. The Balaban J connectivity index is 2.43. The number of amides is 1. The van der Waals surface area contributed by atoms with Gasteiger partial charge in [0, 0.05) is 12.6 Å². The van der Waals surface area contributed by atoms with Crippen LogP contribution in [0.25, 0.3) is 0 Å². The smallest absolute Gasteiger partial charge is 0.409 e. The lowest BCUT2D eigenvalue weighted by Crippen LogP contribution is -2.47. The molecule has 19 heavy (non-hydrogen) atoms. The van der Waals surface area contributed by atoms with E-state index in [0.717, 1.165) is 19.1 Å². The van der Waals surface area contributed by atoms with Crippen molar-refractivity contribution in [3.63, 3.8) is 0 Å². The maximum absolute atomic E-state index is 11.8. The summed E-state index contributed by atoms with van der Waals surface area (Å²) < 4.78 is 32.3. The Bertz CT molecular complexity index is 395. The second kappa shape index (κ2) is 7.09. The highest BCUT2D eigenvalue weighted by Gasteiger charge is 2.31. The predicted molar refractivity (Wildman–Crippen MR) is 71.4 cm³/mol. The van der Waals surface area contributed by atoms with Crippen LogP contribution < -0.4 is 0 Å². The molecular formula is C12H23NO5S. The standard InChI is InChI=1S/C12H23NO5S/c1-4-5-8-17-12(14)13-7-6-11(9-10(13)2)18-19(3,15)16/h10-11H,4-9H2,1-3H3. The van der Waals surface area contributed by atoms with Crippen molar-refractivity contribution in [2.24, 2.45) is 0 Å². The fourth-order valence-corrected chi connectivity index (χ4v) is 2.79. The van der Waals surface area contributed by atoms with Crippen LogP contribution in [0.4, 0.5) is 4.79 Å². The van der Waals surface area contributed by atoms with E-state index in [4.69, 9.17) is 8.92 Å². The molecule has 1 heterocycles. The van der Waals surface area contributed by atoms with Gasteiger partial charge in [0.15, 0.2) is 0 Å². The normalized spacial score (nSPS) is 24.3. The maximum atomic E-state index is 11.8. The third-order valence-electron chi connectivity index (χ3n) is 3.10. The molecule has 0 aromatic carbocycles. The van der Waals surface area contributed by atoms with E-state index < -0.39 is 10.1 Å². The number of carbonyl (C=O) groups excluding carboxylic acids is 1. The number of ether oxygens (including phenoxy) is 1. The van der Waals surface area contributed by atoms with Gasteiger partial charge in [0.1, 0.15) is 0 Å². The van der Waals surface area contributed by atoms with Crippen molar-refractivity contribution in [1.82, 2.24) is 4.90 Å². The first-order valence-electron chi connectivity index (χ1n) is 6.65. The molecule has 0 aliphatic carbocycles. The van der Waals surface area contributed by atoms with Crippen molar-refractivity contribution in [3.05, 3.63) is 0 Å². The van der Waals surface area contributed by atoms with Gasteiger partial charge >= 0.3 is 6.09 Å².